The van der Waals surface area contributed by atoms with E-state index < -0.39 is 0 Å². The van der Waals surface area contributed by atoms with Crippen LogP contribution < -0.4 is 5.32 Å². The molecule has 4 heteroatoms. The Hall–Kier alpha value is -1.42. The van der Waals surface area contributed by atoms with E-state index in [1.54, 1.807) is 12.4 Å². The third-order valence-electron chi connectivity index (χ3n) is 3.33. The van der Waals surface area contributed by atoms with Gasteiger partial charge in [0.2, 0.25) is 5.91 Å². The zero-order valence-corrected chi connectivity index (χ0v) is 12.9. The van der Waals surface area contributed by atoms with Gasteiger partial charge in [0, 0.05) is 39.0 Å². The summed E-state index contributed by atoms with van der Waals surface area (Å²) in [4.78, 5) is 17.7. The molecule has 20 heavy (non-hydrogen) atoms. The lowest BCUT2D eigenvalue weighted by atomic mass is 10.1. The number of rotatable bonds is 9. The third-order valence-corrected chi connectivity index (χ3v) is 3.33. The number of likely N-dealkylation sites (N-methyl/N-ethyl adjacent to an activating group) is 1. The van der Waals surface area contributed by atoms with Crippen LogP contribution in [0.4, 0.5) is 0 Å². The van der Waals surface area contributed by atoms with Crippen LogP contribution in [0.1, 0.15) is 32.3 Å². The Morgan fingerprint density at radius 1 is 1.30 bits per heavy atom. The second kappa shape index (κ2) is 9.48. The van der Waals surface area contributed by atoms with Gasteiger partial charge in [-0.05, 0) is 43.0 Å². The Balaban J connectivity index is 2.13. The Morgan fingerprint density at radius 2 is 2.00 bits per heavy atom. The molecule has 1 rings (SSSR count). The fourth-order valence-corrected chi connectivity index (χ4v) is 1.87. The van der Waals surface area contributed by atoms with E-state index in [9.17, 15) is 4.79 Å². The van der Waals surface area contributed by atoms with Crippen LogP contribution in [0.5, 0.6) is 0 Å². The molecule has 1 aromatic heterocycles. The Kier molecular flexibility index (Phi) is 7.88. The van der Waals surface area contributed by atoms with Gasteiger partial charge in [0.15, 0.2) is 0 Å². The number of hydrogen-bond acceptors (Lipinski definition) is 3. The predicted octanol–water partition coefficient (Wildman–Crippen LogP) is 2.11. The average Bonchev–Trinajstić information content (AvgIpc) is 2.45. The summed E-state index contributed by atoms with van der Waals surface area (Å²) in [6.07, 6.45) is 6.19. The molecule has 0 saturated carbocycles. The van der Waals surface area contributed by atoms with Gasteiger partial charge in [0.1, 0.15) is 0 Å². The van der Waals surface area contributed by atoms with Gasteiger partial charge in [-0.2, -0.15) is 0 Å². The summed E-state index contributed by atoms with van der Waals surface area (Å²) < 4.78 is 0. The fraction of sp³-hybridized carbons (Fsp3) is 0.625. The molecule has 0 bridgehead atoms. The first-order chi connectivity index (χ1) is 9.59. The van der Waals surface area contributed by atoms with Crippen LogP contribution in [0.2, 0.25) is 0 Å². The van der Waals surface area contributed by atoms with Crippen molar-refractivity contribution in [1.82, 2.24) is 15.2 Å². The van der Waals surface area contributed by atoms with Crippen LogP contribution in [0.25, 0.3) is 0 Å². The van der Waals surface area contributed by atoms with E-state index in [1.165, 1.54) is 5.56 Å². The van der Waals surface area contributed by atoms with E-state index in [0.29, 0.717) is 12.3 Å². The van der Waals surface area contributed by atoms with Crippen LogP contribution in [-0.2, 0) is 11.2 Å². The van der Waals surface area contributed by atoms with E-state index in [4.69, 9.17) is 0 Å². The molecule has 0 unspecified atom stereocenters. The number of pyridine rings is 1. The SMILES string of the molecule is CC(C)CCNCCC(=O)N(C)CCc1ccncc1. The minimum Gasteiger partial charge on any atom is -0.345 e. The van der Waals surface area contributed by atoms with Gasteiger partial charge in [-0.1, -0.05) is 13.8 Å². The van der Waals surface area contributed by atoms with Crippen LogP contribution >= 0.6 is 0 Å². The molecular weight excluding hydrogens is 250 g/mol. The normalized spacial score (nSPS) is 10.8. The molecule has 0 saturated heterocycles. The second-order valence-corrected chi connectivity index (χ2v) is 5.60. The smallest absolute Gasteiger partial charge is 0.223 e. The summed E-state index contributed by atoms with van der Waals surface area (Å²) in [5, 5.41) is 3.32. The molecule has 0 aliphatic carbocycles. The van der Waals surface area contributed by atoms with E-state index in [-0.39, 0.29) is 5.91 Å². The first-order valence-electron chi connectivity index (χ1n) is 7.43. The van der Waals surface area contributed by atoms with Gasteiger partial charge in [-0.15, -0.1) is 0 Å². The van der Waals surface area contributed by atoms with E-state index in [1.807, 2.05) is 24.1 Å². The Labute approximate surface area is 122 Å². The van der Waals surface area contributed by atoms with Crippen LogP contribution in [0.15, 0.2) is 24.5 Å². The van der Waals surface area contributed by atoms with Crippen molar-refractivity contribution in [1.29, 1.82) is 0 Å². The third kappa shape index (κ3) is 7.24. The van der Waals surface area contributed by atoms with Crippen LogP contribution in [-0.4, -0.2) is 42.5 Å². The predicted molar refractivity (Wildman–Crippen MR) is 82.5 cm³/mol. The monoisotopic (exact) mass is 277 g/mol. The van der Waals surface area contributed by atoms with Crippen molar-refractivity contribution in [2.75, 3.05) is 26.7 Å². The largest absolute Gasteiger partial charge is 0.345 e. The molecule has 0 aromatic carbocycles. The van der Waals surface area contributed by atoms with Crippen molar-refractivity contribution < 1.29 is 4.79 Å². The minimum atomic E-state index is 0.205. The molecule has 0 radical (unpaired) electrons. The molecule has 4 nitrogen and oxygen atoms in total. The minimum absolute atomic E-state index is 0.205. The van der Waals surface area contributed by atoms with Gasteiger partial charge in [-0.3, -0.25) is 9.78 Å². The number of amides is 1. The lowest BCUT2D eigenvalue weighted by Crippen LogP contribution is -2.31. The molecule has 1 heterocycles. The molecule has 1 amide bonds. The van der Waals surface area contributed by atoms with Crippen molar-refractivity contribution in [3.63, 3.8) is 0 Å². The molecule has 112 valence electrons. The van der Waals surface area contributed by atoms with E-state index in [0.717, 1.165) is 32.5 Å². The summed E-state index contributed by atoms with van der Waals surface area (Å²) in [7, 11) is 1.87. The Morgan fingerprint density at radius 3 is 2.65 bits per heavy atom. The molecule has 0 spiro atoms. The van der Waals surface area contributed by atoms with Crippen molar-refractivity contribution in [2.45, 2.75) is 33.1 Å². The maximum Gasteiger partial charge on any atom is 0.223 e. The van der Waals surface area contributed by atoms with Gasteiger partial charge < -0.3 is 10.2 Å². The number of carbonyl (C=O) groups excluding carboxylic acids is 1. The van der Waals surface area contributed by atoms with Gasteiger partial charge >= 0.3 is 0 Å². The molecule has 0 aliphatic rings. The maximum atomic E-state index is 11.9. The van der Waals surface area contributed by atoms with Crippen molar-refractivity contribution in [3.05, 3.63) is 30.1 Å². The highest BCUT2D eigenvalue weighted by molar-refractivity contribution is 5.76. The zero-order valence-electron chi connectivity index (χ0n) is 12.9. The number of carbonyl (C=O) groups is 1. The number of aromatic nitrogens is 1. The molecule has 1 aromatic rings. The second-order valence-electron chi connectivity index (χ2n) is 5.60. The fourth-order valence-electron chi connectivity index (χ4n) is 1.87. The maximum absolute atomic E-state index is 11.9. The number of hydrogen-bond donors (Lipinski definition) is 1. The van der Waals surface area contributed by atoms with Gasteiger partial charge in [0.25, 0.3) is 0 Å². The lowest BCUT2D eigenvalue weighted by Gasteiger charge is -2.17. The van der Waals surface area contributed by atoms with Crippen LogP contribution in [0, 0.1) is 5.92 Å². The highest BCUT2D eigenvalue weighted by atomic mass is 16.2. The summed E-state index contributed by atoms with van der Waals surface area (Å²) in [6, 6.07) is 3.98. The first kappa shape index (κ1) is 16.6. The first-order valence-corrected chi connectivity index (χ1v) is 7.43. The summed E-state index contributed by atoms with van der Waals surface area (Å²) in [5.74, 6) is 0.914. The van der Waals surface area contributed by atoms with Crippen molar-refractivity contribution >= 4 is 5.91 Å². The molecular formula is C16H27N3O. The van der Waals surface area contributed by atoms with Gasteiger partial charge in [0.05, 0.1) is 0 Å². The molecule has 0 fully saturated rings. The summed E-state index contributed by atoms with van der Waals surface area (Å²) in [5.41, 5.74) is 1.22. The number of nitrogens with zero attached hydrogens (tertiary/aromatic N) is 2. The van der Waals surface area contributed by atoms with Crippen molar-refractivity contribution in [2.24, 2.45) is 5.92 Å². The molecule has 1 N–H and O–H groups in total. The quantitative estimate of drug-likeness (QED) is 0.703. The van der Waals surface area contributed by atoms with E-state index >= 15 is 0 Å². The van der Waals surface area contributed by atoms with Gasteiger partial charge in [-0.25, -0.2) is 0 Å². The van der Waals surface area contributed by atoms with Crippen LogP contribution in [0.3, 0.4) is 0 Å². The topological polar surface area (TPSA) is 45.2 Å². The number of nitrogens with one attached hydrogen (secondary N) is 1. The highest BCUT2D eigenvalue weighted by Crippen LogP contribution is 2.00. The summed E-state index contributed by atoms with van der Waals surface area (Å²) in [6.45, 7) is 6.94. The standard InChI is InChI=1S/C16H27N3O/c1-14(2)4-9-17-12-7-16(20)19(3)13-8-15-5-10-18-11-6-15/h5-6,10-11,14,17H,4,7-9,12-13H2,1-3H3. The highest BCUT2D eigenvalue weighted by Gasteiger charge is 2.08. The van der Waals surface area contributed by atoms with Crippen molar-refractivity contribution in [3.8, 4) is 0 Å². The Bertz CT molecular complexity index is 379. The molecule has 0 atom stereocenters. The van der Waals surface area contributed by atoms with E-state index in [2.05, 4.69) is 24.1 Å². The lowest BCUT2D eigenvalue weighted by molar-refractivity contribution is -0.129. The molecule has 0 aliphatic heterocycles. The zero-order chi connectivity index (χ0) is 14.8. The summed E-state index contributed by atoms with van der Waals surface area (Å²) >= 11 is 0. The average molecular weight is 277 g/mol.